The molecule has 4 rings (SSSR count). The zero-order chi connectivity index (χ0) is 23.5. The van der Waals surface area contributed by atoms with Crippen molar-refractivity contribution in [3.05, 3.63) is 76.6 Å². The maximum absolute atomic E-state index is 13.2. The Morgan fingerprint density at radius 3 is 2.45 bits per heavy atom. The van der Waals surface area contributed by atoms with E-state index in [-0.39, 0.29) is 36.6 Å². The minimum absolute atomic E-state index is 0.0589. The summed E-state index contributed by atoms with van der Waals surface area (Å²) in [5, 5.41) is 0.522. The summed E-state index contributed by atoms with van der Waals surface area (Å²) in [6.45, 7) is 3.82. The summed E-state index contributed by atoms with van der Waals surface area (Å²) in [6, 6.07) is 7.38. The van der Waals surface area contributed by atoms with Crippen molar-refractivity contribution in [1.82, 2.24) is 15.0 Å². The summed E-state index contributed by atoms with van der Waals surface area (Å²) in [5.74, 6) is -1.72. The van der Waals surface area contributed by atoms with Gasteiger partial charge in [-0.15, -0.1) is 0 Å². The Kier molecular flexibility index (Phi) is 6.75. The molecule has 0 bridgehead atoms. The fraction of sp³-hybridized carbons (Fsp3) is 0.308. The van der Waals surface area contributed by atoms with E-state index in [4.69, 9.17) is 11.6 Å². The van der Waals surface area contributed by atoms with Crippen molar-refractivity contribution >= 4 is 29.0 Å². The smallest absolute Gasteiger partial charge is 0.151 e. The lowest BCUT2D eigenvalue weighted by Crippen LogP contribution is -2.19. The molecule has 0 saturated heterocycles. The average Bonchev–Trinajstić information content (AvgIpc) is 3.06. The van der Waals surface area contributed by atoms with Gasteiger partial charge in [-0.3, -0.25) is 19.4 Å². The van der Waals surface area contributed by atoms with Crippen LogP contribution in [0.1, 0.15) is 47.6 Å². The van der Waals surface area contributed by atoms with Crippen LogP contribution in [0.4, 0.5) is 0 Å². The number of carbonyl (C=O) groups is 3. The van der Waals surface area contributed by atoms with Gasteiger partial charge >= 0.3 is 0 Å². The van der Waals surface area contributed by atoms with Gasteiger partial charge in [0.25, 0.3) is 0 Å². The molecule has 6 nitrogen and oxygen atoms in total. The van der Waals surface area contributed by atoms with Crippen molar-refractivity contribution in [2.24, 2.45) is 5.92 Å². The highest BCUT2D eigenvalue weighted by atomic mass is 35.5. The number of carbonyl (C=O) groups excluding carboxylic acids is 3. The summed E-state index contributed by atoms with van der Waals surface area (Å²) in [6.07, 6.45) is 7.40. The van der Waals surface area contributed by atoms with Crippen LogP contribution in [0.3, 0.4) is 0 Å². The van der Waals surface area contributed by atoms with E-state index in [9.17, 15) is 14.4 Å². The van der Waals surface area contributed by atoms with Gasteiger partial charge in [0, 0.05) is 49.3 Å². The van der Waals surface area contributed by atoms with Crippen molar-refractivity contribution in [1.29, 1.82) is 0 Å². The summed E-state index contributed by atoms with van der Waals surface area (Å²) < 4.78 is 0. The number of halogens is 1. The molecule has 33 heavy (non-hydrogen) atoms. The summed E-state index contributed by atoms with van der Waals surface area (Å²) in [7, 11) is 0. The summed E-state index contributed by atoms with van der Waals surface area (Å²) in [5.41, 5.74) is 4.97. The number of rotatable bonds is 7. The Bertz CT molecular complexity index is 1200. The van der Waals surface area contributed by atoms with E-state index in [0.717, 1.165) is 27.8 Å². The molecular formula is C26H24ClN3O3. The number of hydrogen-bond acceptors (Lipinski definition) is 6. The van der Waals surface area contributed by atoms with E-state index in [1.807, 2.05) is 26.0 Å². The predicted molar refractivity (Wildman–Crippen MR) is 125 cm³/mol. The molecule has 0 N–H and O–H groups in total. The van der Waals surface area contributed by atoms with Crippen LogP contribution in [0.25, 0.3) is 11.1 Å². The third-order valence-electron chi connectivity index (χ3n) is 6.18. The number of pyridine rings is 1. The Balaban J connectivity index is 1.48. The van der Waals surface area contributed by atoms with Gasteiger partial charge in [0.1, 0.15) is 23.8 Å². The van der Waals surface area contributed by atoms with Gasteiger partial charge in [-0.05, 0) is 54.7 Å². The highest BCUT2D eigenvalue weighted by Gasteiger charge is 2.43. The van der Waals surface area contributed by atoms with Gasteiger partial charge in [0.15, 0.2) is 5.78 Å². The molecule has 7 heteroatoms. The minimum atomic E-state index is -0.811. The Hall–Kier alpha value is -3.25. The first-order valence-corrected chi connectivity index (χ1v) is 11.3. The molecular weight excluding hydrogens is 438 g/mol. The maximum Gasteiger partial charge on any atom is 0.151 e. The van der Waals surface area contributed by atoms with E-state index in [1.54, 1.807) is 30.7 Å². The van der Waals surface area contributed by atoms with Crippen LogP contribution in [0.5, 0.6) is 0 Å². The summed E-state index contributed by atoms with van der Waals surface area (Å²) >= 11 is 6.11. The van der Waals surface area contributed by atoms with Crippen molar-refractivity contribution in [3.63, 3.8) is 0 Å². The third-order valence-corrected chi connectivity index (χ3v) is 6.53. The molecule has 0 amide bonds. The van der Waals surface area contributed by atoms with E-state index < -0.39 is 11.8 Å². The summed E-state index contributed by atoms with van der Waals surface area (Å²) in [4.78, 5) is 51.0. The standard InChI is InChI=1S/C26H24ClN3O3/c1-15-8-17(19-12-28-14-29-13-19)9-16(2)24(15)25-23(32)11-18(26(25)33)10-20(31)5-6-22-21(27)4-3-7-30-22/h3-4,7-9,12-14,18,25H,5-6,10-11H2,1-2H3. The number of aromatic nitrogens is 3. The molecule has 2 heterocycles. The second-order valence-corrected chi connectivity index (χ2v) is 8.94. The molecule has 0 radical (unpaired) electrons. The largest absolute Gasteiger partial charge is 0.300 e. The topological polar surface area (TPSA) is 89.9 Å². The molecule has 0 aliphatic heterocycles. The van der Waals surface area contributed by atoms with Gasteiger partial charge in [-0.2, -0.15) is 0 Å². The normalized spacial score (nSPS) is 18.0. The number of Topliss-reactive ketones (excluding diaryl/α,β-unsaturated/α-hetero) is 3. The van der Waals surface area contributed by atoms with Crippen molar-refractivity contribution < 1.29 is 14.4 Å². The lowest BCUT2D eigenvalue weighted by atomic mass is 9.85. The second-order valence-electron chi connectivity index (χ2n) is 8.53. The number of nitrogens with zero attached hydrogens (tertiary/aromatic N) is 3. The fourth-order valence-electron chi connectivity index (χ4n) is 4.61. The lowest BCUT2D eigenvalue weighted by Gasteiger charge is -2.17. The first-order valence-electron chi connectivity index (χ1n) is 10.9. The molecule has 168 valence electrons. The van der Waals surface area contributed by atoms with Crippen LogP contribution in [-0.4, -0.2) is 32.3 Å². The van der Waals surface area contributed by atoms with Crippen LogP contribution in [0, 0.1) is 19.8 Å². The molecule has 1 fully saturated rings. The Morgan fingerprint density at radius 2 is 1.79 bits per heavy atom. The molecule has 1 aliphatic rings. The van der Waals surface area contributed by atoms with Crippen molar-refractivity contribution in [2.45, 2.75) is 45.4 Å². The second kappa shape index (κ2) is 9.71. The minimum Gasteiger partial charge on any atom is -0.300 e. The SMILES string of the molecule is Cc1cc(-c2cncnc2)cc(C)c1C1C(=O)CC(CC(=O)CCc2ncccc2Cl)C1=O. The monoisotopic (exact) mass is 461 g/mol. The number of hydrogen-bond donors (Lipinski definition) is 0. The lowest BCUT2D eigenvalue weighted by molar-refractivity contribution is -0.127. The van der Waals surface area contributed by atoms with E-state index in [2.05, 4.69) is 15.0 Å². The van der Waals surface area contributed by atoms with Crippen LogP contribution in [0.2, 0.25) is 5.02 Å². The molecule has 1 saturated carbocycles. The molecule has 1 aromatic carbocycles. The van der Waals surface area contributed by atoms with Crippen LogP contribution in [-0.2, 0) is 20.8 Å². The molecule has 2 aromatic heterocycles. The molecule has 2 unspecified atom stereocenters. The third kappa shape index (κ3) is 4.91. The molecule has 1 aliphatic carbocycles. The van der Waals surface area contributed by atoms with Crippen molar-refractivity contribution in [2.75, 3.05) is 0 Å². The van der Waals surface area contributed by atoms with E-state index in [1.165, 1.54) is 6.33 Å². The quantitative estimate of drug-likeness (QED) is 0.476. The fourth-order valence-corrected chi connectivity index (χ4v) is 4.83. The van der Waals surface area contributed by atoms with E-state index >= 15 is 0 Å². The van der Waals surface area contributed by atoms with Crippen LogP contribution < -0.4 is 0 Å². The van der Waals surface area contributed by atoms with Gasteiger partial charge < -0.3 is 0 Å². The number of aryl methyl sites for hydroxylation is 3. The van der Waals surface area contributed by atoms with Gasteiger partial charge in [-0.1, -0.05) is 23.7 Å². The first-order chi connectivity index (χ1) is 15.8. The van der Waals surface area contributed by atoms with Crippen molar-refractivity contribution in [3.8, 4) is 11.1 Å². The number of ketones is 3. The molecule has 3 aromatic rings. The Morgan fingerprint density at radius 1 is 1.09 bits per heavy atom. The highest BCUT2D eigenvalue weighted by molar-refractivity contribution is 6.31. The zero-order valence-electron chi connectivity index (χ0n) is 18.5. The first kappa shape index (κ1) is 22.9. The number of benzene rings is 1. The Labute approximate surface area is 197 Å². The van der Waals surface area contributed by atoms with Gasteiger partial charge in [0.2, 0.25) is 0 Å². The van der Waals surface area contributed by atoms with Crippen LogP contribution in [0.15, 0.2) is 49.2 Å². The maximum atomic E-state index is 13.2. The van der Waals surface area contributed by atoms with Crippen LogP contribution >= 0.6 is 11.6 Å². The molecule has 0 spiro atoms. The van der Waals surface area contributed by atoms with Gasteiger partial charge in [0.05, 0.1) is 10.7 Å². The highest BCUT2D eigenvalue weighted by Crippen LogP contribution is 2.38. The van der Waals surface area contributed by atoms with Gasteiger partial charge in [-0.25, -0.2) is 9.97 Å². The molecule has 2 atom stereocenters. The predicted octanol–water partition coefficient (Wildman–Crippen LogP) is 4.64. The van der Waals surface area contributed by atoms with E-state index in [0.29, 0.717) is 17.1 Å². The zero-order valence-corrected chi connectivity index (χ0v) is 19.3. The average molecular weight is 462 g/mol.